The Hall–Kier alpha value is -3.86. The van der Waals surface area contributed by atoms with Gasteiger partial charge in [-0.1, -0.05) is 93.6 Å². The van der Waals surface area contributed by atoms with E-state index in [4.69, 9.17) is 9.47 Å². The first kappa shape index (κ1) is 28.2. The standard InChI is InChI=1S/C34H39NO4/c1-4-5-6-7-8-10-15-27-16-18-28(19-17-27)25-35(32(36)23-20-26-13-11-9-12-14-26)29-21-22-31-30(24-29)33(37)39-34(2,3)38-31/h9,11-14,16-24H,4-8,10,15,25H2,1-3H3/b23-20+. The summed E-state index contributed by atoms with van der Waals surface area (Å²) in [6, 6.07) is 23.4. The molecule has 3 aromatic rings. The summed E-state index contributed by atoms with van der Waals surface area (Å²) in [7, 11) is 0. The van der Waals surface area contributed by atoms with Crippen molar-refractivity contribution >= 4 is 23.6 Å². The van der Waals surface area contributed by atoms with E-state index in [-0.39, 0.29) is 5.91 Å². The molecule has 0 aromatic heterocycles. The second kappa shape index (κ2) is 13.3. The largest absolute Gasteiger partial charge is 0.452 e. The maximum Gasteiger partial charge on any atom is 0.345 e. The number of carbonyl (C=O) groups excluding carboxylic acids is 2. The number of amides is 1. The normalized spacial score (nSPS) is 14.0. The number of hydrogen-bond donors (Lipinski definition) is 0. The zero-order valence-corrected chi connectivity index (χ0v) is 23.3. The van der Waals surface area contributed by atoms with E-state index in [1.165, 1.54) is 44.1 Å². The van der Waals surface area contributed by atoms with Crippen molar-refractivity contribution in [1.82, 2.24) is 0 Å². The monoisotopic (exact) mass is 525 g/mol. The van der Waals surface area contributed by atoms with Crippen molar-refractivity contribution in [3.8, 4) is 5.75 Å². The van der Waals surface area contributed by atoms with Crippen LogP contribution in [-0.2, 0) is 22.5 Å². The molecule has 0 atom stereocenters. The lowest BCUT2D eigenvalue weighted by molar-refractivity contribution is -0.127. The second-order valence-electron chi connectivity index (χ2n) is 10.6. The Balaban J connectivity index is 1.52. The SMILES string of the molecule is CCCCCCCCc1ccc(CN(C(=O)/C=C/c2ccccc2)c2ccc3c(c2)C(=O)OC(C)(C)O3)cc1. The average Bonchev–Trinajstić information content (AvgIpc) is 2.93. The maximum absolute atomic E-state index is 13.5. The molecule has 0 aliphatic carbocycles. The fraction of sp³-hybridized carbons (Fsp3) is 0.353. The van der Waals surface area contributed by atoms with Crippen molar-refractivity contribution in [3.05, 3.63) is 101 Å². The lowest BCUT2D eigenvalue weighted by Crippen LogP contribution is -2.39. The molecule has 0 fully saturated rings. The van der Waals surface area contributed by atoms with Gasteiger partial charge in [0.15, 0.2) is 0 Å². The van der Waals surface area contributed by atoms with Gasteiger partial charge in [-0.15, -0.1) is 0 Å². The predicted molar refractivity (Wildman–Crippen MR) is 157 cm³/mol. The first-order valence-electron chi connectivity index (χ1n) is 14.0. The van der Waals surface area contributed by atoms with Crippen molar-refractivity contribution in [2.75, 3.05) is 4.90 Å². The van der Waals surface area contributed by atoms with Crippen molar-refractivity contribution in [1.29, 1.82) is 0 Å². The highest BCUT2D eigenvalue weighted by atomic mass is 16.7. The number of carbonyl (C=O) groups is 2. The second-order valence-corrected chi connectivity index (χ2v) is 10.6. The Morgan fingerprint density at radius 2 is 1.54 bits per heavy atom. The van der Waals surface area contributed by atoms with Crippen LogP contribution in [0.2, 0.25) is 0 Å². The third-order valence-corrected chi connectivity index (χ3v) is 6.86. The fourth-order valence-corrected chi connectivity index (χ4v) is 4.72. The van der Waals surface area contributed by atoms with Crippen LogP contribution in [0.1, 0.15) is 86.3 Å². The van der Waals surface area contributed by atoms with Crippen LogP contribution in [0.5, 0.6) is 5.75 Å². The fourth-order valence-electron chi connectivity index (χ4n) is 4.72. The Labute approximate surface area is 232 Å². The van der Waals surface area contributed by atoms with Crippen LogP contribution in [0.15, 0.2) is 78.9 Å². The lowest BCUT2D eigenvalue weighted by Gasteiger charge is -2.32. The van der Waals surface area contributed by atoms with Crippen molar-refractivity contribution < 1.29 is 19.1 Å². The Morgan fingerprint density at radius 1 is 0.846 bits per heavy atom. The number of benzene rings is 3. The van der Waals surface area contributed by atoms with E-state index in [0.29, 0.717) is 23.5 Å². The van der Waals surface area contributed by atoms with Gasteiger partial charge in [-0.05, 0) is 53.8 Å². The first-order chi connectivity index (χ1) is 18.8. The first-order valence-corrected chi connectivity index (χ1v) is 14.0. The summed E-state index contributed by atoms with van der Waals surface area (Å²) in [6.45, 7) is 6.00. The quantitative estimate of drug-likeness (QED) is 0.136. The van der Waals surface area contributed by atoms with Crippen molar-refractivity contribution in [2.24, 2.45) is 0 Å². The van der Waals surface area contributed by atoms with E-state index in [2.05, 4.69) is 31.2 Å². The van der Waals surface area contributed by atoms with Gasteiger partial charge in [-0.2, -0.15) is 0 Å². The van der Waals surface area contributed by atoms with Crippen LogP contribution in [-0.4, -0.2) is 17.7 Å². The molecule has 3 aromatic carbocycles. The summed E-state index contributed by atoms with van der Waals surface area (Å²) in [5.74, 6) is -1.22. The third-order valence-electron chi connectivity index (χ3n) is 6.86. The summed E-state index contributed by atoms with van der Waals surface area (Å²) in [5.41, 5.74) is 4.18. The highest BCUT2D eigenvalue weighted by Crippen LogP contribution is 2.34. The van der Waals surface area contributed by atoms with Crippen LogP contribution in [0.25, 0.3) is 6.08 Å². The molecular weight excluding hydrogens is 486 g/mol. The molecule has 0 N–H and O–H groups in total. The minimum atomic E-state index is -1.03. The zero-order chi connectivity index (χ0) is 27.7. The van der Waals surface area contributed by atoms with Gasteiger partial charge in [0.05, 0.1) is 6.54 Å². The summed E-state index contributed by atoms with van der Waals surface area (Å²) in [6.07, 6.45) is 12.1. The number of aryl methyl sites for hydroxylation is 1. The minimum Gasteiger partial charge on any atom is -0.452 e. The van der Waals surface area contributed by atoms with Crippen molar-refractivity contribution in [3.63, 3.8) is 0 Å². The van der Waals surface area contributed by atoms with E-state index >= 15 is 0 Å². The molecule has 1 aliphatic heterocycles. The molecule has 1 heterocycles. The van der Waals surface area contributed by atoms with E-state index in [9.17, 15) is 9.59 Å². The molecule has 204 valence electrons. The molecule has 5 heteroatoms. The molecule has 0 radical (unpaired) electrons. The van der Waals surface area contributed by atoms with Gasteiger partial charge >= 0.3 is 5.97 Å². The maximum atomic E-state index is 13.5. The van der Waals surface area contributed by atoms with Gasteiger partial charge < -0.3 is 14.4 Å². The molecule has 0 spiro atoms. The Bertz CT molecular complexity index is 1280. The van der Waals surface area contributed by atoms with Gasteiger partial charge in [0, 0.05) is 25.6 Å². The van der Waals surface area contributed by atoms with Crippen LogP contribution in [0, 0.1) is 0 Å². The van der Waals surface area contributed by atoms with Crippen LogP contribution < -0.4 is 9.64 Å². The number of rotatable bonds is 12. The zero-order valence-electron chi connectivity index (χ0n) is 23.3. The number of esters is 1. The summed E-state index contributed by atoms with van der Waals surface area (Å²) in [5, 5.41) is 0. The van der Waals surface area contributed by atoms with Crippen molar-refractivity contribution in [2.45, 2.75) is 78.0 Å². The van der Waals surface area contributed by atoms with Gasteiger partial charge in [0.1, 0.15) is 11.3 Å². The molecule has 39 heavy (non-hydrogen) atoms. The number of ether oxygens (including phenoxy) is 2. The Kier molecular flexibility index (Phi) is 9.59. The number of unbranched alkanes of at least 4 members (excludes halogenated alkanes) is 5. The molecule has 4 rings (SSSR count). The number of hydrogen-bond acceptors (Lipinski definition) is 4. The molecule has 0 unspecified atom stereocenters. The highest BCUT2D eigenvalue weighted by molar-refractivity contribution is 6.05. The molecule has 5 nitrogen and oxygen atoms in total. The molecule has 0 saturated heterocycles. The smallest absolute Gasteiger partial charge is 0.345 e. The molecule has 0 bridgehead atoms. The number of nitrogens with zero attached hydrogens (tertiary/aromatic N) is 1. The van der Waals surface area contributed by atoms with Gasteiger partial charge in [-0.25, -0.2) is 4.79 Å². The van der Waals surface area contributed by atoms with Crippen LogP contribution in [0.3, 0.4) is 0 Å². The Morgan fingerprint density at radius 3 is 2.28 bits per heavy atom. The number of fused-ring (bicyclic) bond motifs is 1. The minimum absolute atomic E-state index is 0.180. The summed E-state index contributed by atoms with van der Waals surface area (Å²) < 4.78 is 11.2. The predicted octanol–water partition coefficient (Wildman–Crippen LogP) is 8.12. The van der Waals surface area contributed by atoms with Crippen LogP contribution in [0.4, 0.5) is 5.69 Å². The van der Waals surface area contributed by atoms with E-state index < -0.39 is 11.8 Å². The van der Waals surface area contributed by atoms with E-state index in [1.54, 1.807) is 43.0 Å². The third kappa shape index (κ3) is 8.06. The van der Waals surface area contributed by atoms with Gasteiger partial charge in [-0.3, -0.25) is 4.79 Å². The summed E-state index contributed by atoms with van der Waals surface area (Å²) in [4.78, 5) is 27.9. The average molecular weight is 526 g/mol. The van der Waals surface area contributed by atoms with E-state index in [0.717, 1.165) is 17.5 Å². The van der Waals surface area contributed by atoms with Gasteiger partial charge in [0.2, 0.25) is 5.79 Å². The highest BCUT2D eigenvalue weighted by Gasteiger charge is 2.34. The lowest BCUT2D eigenvalue weighted by atomic mass is 10.0. The molecule has 1 amide bonds. The summed E-state index contributed by atoms with van der Waals surface area (Å²) >= 11 is 0. The van der Waals surface area contributed by atoms with Gasteiger partial charge in [0.25, 0.3) is 5.91 Å². The van der Waals surface area contributed by atoms with Crippen LogP contribution >= 0.6 is 0 Å². The topological polar surface area (TPSA) is 55.8 Å². The molecule has 1 aliphatic rings. The molecular formula is C34H39NO4. The number of cyclic esters (lactones) is 1. The molecule has 0 saturated carbocycles. The number of anilines is 1. The van der Waals surface area contributed by atoms with E-state index in [1.807, 2.05) is 36.4 Å².